The van der Waals surface area contributed by atoms with E-state index in [0.29, 0.717) is 10.9 Å². The van der Waals surface area contributed by atoms with Crippen molar-refractivity contribution in [3.63, 3.8) is 0 Å². The van der Waals surface area contributed by atoms with Crippen LogP contribution in [0.1, 0.15) is 17.5 Å². The molecule has 0 aliphatic carbocycles. The van der Waals surface area contributed by atoms with Gasteiger partial charge < -0.3 is 10.2 Å². The van der Waals surface area contributed by atoms with Crippen LogP contribution in [0.15, 0.2) is 59.5 Å². The molecule has 0 aliphatic rings. The number of nitrogens with zero attached hydrogens (tertiary/aromatic N) is 1. The van der Waals surface area contributed by atoms with Gasteiger partial charge in [-0.05, 0) is 30.3 Å². The molecule has 4 nitrogen and oxygen atoms in total. The summed E-state index contributed by atoms with van der Waals surface area (Å²) in [6.45, 7) is 0. The summed E-state index contributed by atoms with van der Waals surface area (Å²) in [5.74, 6) is 0. The smallest absolute Gasteiger partial charge is 0.363 e. The van der Waals surface area contributed by atoms with Crippen LogP contribution in [-0.4, -0.2) is 18.4 Å². The topological polar surface area (TPSA) is 62.5 Å². The lowest BCUT2D eigenvalue weighted by Gasteiger charge is -2.13. The quantitative estimate of drug-likeness (QED) is 0.709. The Labute approximate surface area is 137 Å². The number of fused-ring (bicyclic) bond motifs is 1. The van der Waals surface area contributed by atoms with Gasteiger partial charge in [-0.1, -0.05) is 24.3 Å². The Balaban J connectivity index is 2.17. The molecule has 2 N–H and O–H groups in total. The van der Waals surface area contributed by atoms with Gasteiger partial charge in [-0.25, -0.2) is 4.21 Å². The van der Waals surface area contributed by atoms with E-state index in [9.17, 15) is 27.6 Å². The van der Waals surface area contributed by atoms with Gasteiger partial charge in [-0.3, -0.25) is 3.97 Å². The molecule has 0 spiro atoms. The third kappa shape index (κ3) is 2.95. The first-order valence-electron chi connectivity index (χ1n) is 6.85. The second-order valence-corrected chi connectivity index (χ2v) is 6.41. The molecule has 3 rings (SSSR count). The maximum Gasteiger partial charge on any atom is 0.416 e. The Morgan fingerprint density at radius 2 is 1.71 bits per heavy atom. The minimum absolute atomic E-state index is 0.0630. The Hall–Kier alpha value is -2.16. The lowest BCUT2D eigenvalue weighted by molar-refractivity contribution is -0.137. The number of rotatable bonds is 3. The molecule has 1 unspecified atom stereocenters. The highest BCUT2D eigenvalue weighted by Crippen LogP contribution is 2.32. The zero-order chi connectivity index (χ0) is 17.5. The van der Waals surface area contributed by atoms with Crippen LogP contribution < -0.4 is 0 Å². The molecule has 0 saturated heterocycles. The highest BCUT2D eigenvalue weighted by Gasteiger charge is 2.31. The summed E-state index contributed by atoms with van der Waals surface area (Å²) in [6.07, 6.45) is -6.47. The molecule has 24 heavy (non-hydrogen) atoms. The molecular formula is C16H12F3NO3S. The maximum atomic E-state index is 12.8. The molecule has 0 fully saturated rings. The van der Waals surface area contributed by atoms with Crippen LogP contribution >= 0.6 is 0 Å². The van der Waals surface area contributed by atoms with Gasteiger partial charge in [-0.15, -0.1) is 0 Å². The standard InChI is InChI=1S/C16H12F3NO3S/c17-16(18,19)11-5-3-6-12(9-11)24(23)20-13-7-2-1-4-10(13)8-14(20)15(21)22/h1-9,15,21-22H. The van der Waals surface area contributed by atoms with E-state index in [1.165, 1.54) is 12.1 Å². The number of hydrogen-bond donors (Lipinski definition) is 2. The fourth-order valence-electron chi connectivity index (χ4n) is 2.40. The molecule has 0 radical (unpaired) electrons. The molecule has 0 saturated carbocycles. The number of aliphatic hydroxyl groups excluding tert-OH is 1. The fourth-order valence-corrected chi connectivity index (χ4v) is 3.72. The summed E-state index contributed by atoms with van der Waals surface area (Å²) >= 11 is 0. The number of aliphatic hydroxyl groups is 2. The lowest BCUT2D eigenvalue weighted by atomic mass is 10.2. The first-order valence-corrected chi connectivity index (χ1v) is 7.96. The number of aromatic nitrogens is 1. The number of para-hydroxylation sites is 1. The van der Waals surface area contributed by atoms with Crippen LogP contribution in [-0.2, 0) is 17.2 Å². The van der Waals surface area contributed by atoms with Crippen molar-refractivity contribution < 1.29 is 27.6 Å². The highest BCUT2D eigenvalue weighted by atomic mass is 32.2. The Morgan fingerprint density at radius 3 is 2.38 bits per heavy atom. The van der Waals surface area contributed by atoms with Gasteiger partial charge in [0.25, 0.3) is 0 Å². The van der Waals surface area contributed by atoms with Crippen molar-refractivity contribution in [2.45, 2.75) is 17.4 Å². The normalized spacial score (nSPS) is 13.6. The summed E-state index contributed by atoms with van der Waals surface area (Å²) in [7, 11) is -2.07. The molecule has 3 aromatic rings. The van der Waals surface area contributed by atoms with Crippen molar-refractivity contribution in [3.05, 3.63) is 65.9 Å². The molecule has 0 bridgehead atoms. The third-order valence-electron chi connectivity index (χ3n) is 3.49. The van der Waals surface area contributed by atoms with Crippen LogP contribution in [0.25, 0.3) is 10.9 Å². The van der Waals surface area contributed by atoms with Crippen molar-refractivity contribution in [1.29, 1.82) is 0 Å². The maximum absolute atomic E-state index is 12.8. The monoisotopic (exact) mass is 355 g/mol. The van der Waals surface area contributed by atoms with Gasteiger partial charge in [0.15, 0.2) is 17.3 Å². The third-order valence-corrected chi connectivity index (χ3v) is 4.88. The Bertz CT molecular complexity index is 918. The van der Waals surface area contributed by atoms with E-state index in [2.05, 4.69) is 0 Å². The summed E-state index contributed by atoms with van der Waals surface area (Å²) in [6, 6.07) is 12.2. The number of hydrogen-bond acceptors (Lipinski definition) is 3. The summed E-state index contributed by atoms with van der Waals surface area (Å²) < 4.78 is 52.5. The highest BCUT2D eigenvalue weighted by molar-refractivity contribution is 7.83. The minimum atomic E-state index is -4.56. The molecule has 2 aromatic carbocycles. The summed E-state index contributed by atoms with van der Waals surface area (Å²) in [5.41, 5.74) is -0.556. The van der Waals surface area contributed by atoms with E-state index < -0.39 is 29.0 Å². The van der Waals surface area contributed by atoms with Crippen molar-refractivity contribution in [1.82, 2.24) is 3.97 Å². The molecule has 1 atom stereocenters. The molecule has 1 heterocycles. The van der Waals surface area contributed by atoms with Gasteiger partial charge in [0.05, 0.1) is 21.7 Å². The van der Waals surface area contributed by atoms with Crippen molar-refractivity contribution in [2.24, 2.45) is 0 Å². The Morgan fingerprint density at radius 1 is 1.00 bits per heavy atom. The van der Waals surface area contributed by atoms with Gasteiger partial charge in [0.2, 0.25) is 0 Å². The summed E-state index contributed by atoms with van der Waals surface area (Å²) in [5, 5.41) is 19.6. The average Bonchev–Trinajstić information content (AvgIpc) is 2.93. The second kappa shape index (κ2) is 6.04. The number of halogens is 3. The van der Waals surface area contributed by atoms with Crippen LogP contribution in [0.2, 0.25) is 0 Å². The molecule has 0 amide bonds. The van der Waals surface area contributed by atoms with E-state index in [1.54, 1.807) is 24.3 Å². The van der Waals surface area contributed by atoms with Gasteiger partial charge in [0.1, 0.15) is 0 Å². The van der Waals surface area contributed by atoms with Crippen LogP contribution in [0.5, 0.6) is 0 Å². The van der Waals surface area contributed by atoms with E-state index in [1.807, 2.05) is 0 Å². The van der Waals surface area contributed by atoms with Crippen molar-refractivity contribution >= 4 is 21.9 Å². The summed E-state index contributed by atoms with van der Waals surface area (Å²) in [4.78, 5) is -0.0897. The SMILES string of the molecule is O=S(c1cccc(C(F)(F)F)c1)n1c(C(O)O)cc2ccccc21. The van der Waals surface area contributed by atoms with Crippen LogP contribution in [0.4, 0.5) is 13.2 Å². The zero-order valence-electron chi connectivity index (χ0n) is 12.1. The molecule has 8 heteroatoms. The van der Waals surface area contributed by atoms with E-state index in [-0.39, 0.29) is 10.6 Å². The van der Waals surface area contributed by atoms with E-state index >= 15 is 0 Å². The molecular weight excluding hydrogens is 343 g/mol. The van der Waals surface area contributed by atoms with Gasteiger partial charge in [-0.2, -0.15) is 13.2 Å². The lowest BCUT2D eigenvalue weighted by Crippen LogP contribution is -2.13. The molecule has 126 valence electrons. The molecule has 0 aliphatic heterocycles. The van der Waals surface area contributed by atoms with Crippen LogP contribution in [0.3, 0.4) is 0 Å². The minimum Gasteiger partial charge on any atom is -0.363 e. The van der Waals surface area contributed by atoms with Crippen molar-refractivity contribution in [2.75, 3.05) is 0 Å². The van der Waals surface area contributed by atoms with Crippen LogP contribution in [0, 0.1) is 0 Å². The largest absolute Gasteiger partial charge is 0.416 e. The predicted octanol–water partition coefficient (Wildman–Crippen LogP) is 3.21. The number of alkyl halides is 3. The number of benzene rings is 2. The van der Waals surface area contributed by atoms with Gasteiger partial charge in [0, 0.05) is 5.39 Å². The second-order valence-electron chi connectivity index (χ2n) is 5.07. The van der Waals surface area contributed by atoms with Gasteiger partial charge >= 0.3 is 6.18 Å². The predicted molar refractivity (Wildman–Crippen MR) is 82.4 cm³/mol. The molecule has 1 aromatic heterocycles. The Kier molecular flexibility index (Phi) is 4.20. The zero-order valence-corrected chi connectivity index (χ0v) is 12.9. The average molecular weight is 355 g/mol. The van der Waals surface area contributed by atoms with E-state index in [4.69, 9.17) is 0 Å². The first-order chi connectivity index (χ1) is 11.3. The van der Waals surface area contributed by atoms with E-state index in [0.717, 1.165) is 22.2 Å². The first kappa shape index (κ1) is 16.7. The fraction of sp³-hybridized carbons (Fsp3) is 0.125. The van der Waals surface area contributed by atoms with Crippen molar-refractivity contribution in [3.8, 4) is 0 Å².